The van der Waals surface area contributed by atoms with Gasteiger partial charge in [-0.15, -0.1) is 0 Å². The Morgan fingerprint density at radius 2 is 2.32 bits per heavy atom. The predicted molar refractivity (Wildman–Crippen MR) is 75.3 cm³/mol. The molecule has 0 amide bonds. The van der Waals surface area contributed by atoms with Gasteiger partial charge in [-0.05, 0) is 24.1 Å². The average molecular weight is 257 g/mol. The van der Waals surface area contributed by atoms with E-state index in [-0.39, 0.29) is 0 Å². The van der Waals surface area contributed by atoms with Crippen LogP contribution in [0.1, 0.15) is 18.2 Å². The molecule has 19 heavy (non-hydrogen) atoms. The Morgan fingerprint density at radius 3 is 3.11 bits per heavy atom. The van der Waals surface area contributed by atoms with Crippen molar-refractivity contribution in [3.63, 3.8) is 0 Å². The predicted octanol–water partition coefficient (Wildman–Crippen LogP) is 2.22. The van der Waals surface area contributed by atoms with Crippen LogP contribution >= 0.6 is 0 Å². The maximum atomic E-state index is 5.49. The van der Waals surface area contributed by atoms with Gasteiger partial charge in [0.25, 0.3) is 0 Å². The molecule has 0 spiro atoms. The minimum absolute atomic E-state index is 0.892. The van der Waals surface area contributed by atoms with Crippen molar-refractivity contribution < 1.29 is 4.74 Å². The fraction of sp³-hybridized carbons (Fsp3) is 0.400. The summed E-state index contributed by atoms with van der Waals surface area (Å²) in [6.45, 7) is 5.01. The number of rotatable bonds is 3. The second-order valence-electron chi connectivity index (χ2n) is 4.79. The molecule has 0 aliphatic carbocycles. The summed E-state index contributed by atoms with van der Waals surface area (Å²) in [4.78, 5) is 4.60. The highest BCUT2D eigenvalue weighted by atomic mass is 16.5. The molecule has 1 aromatic heterocycles. The van der Waals surface area contributed by atoms with Crippen LogP contribution in [-0.2, 0) is 19.5 Å². The zero-order valence-corrected chi connectivity index (χ0v) is 11.4. The third kappa shape index (κ3) is 2.12. The molecule has 4 nitrogen and oxygen atoms in total. The molecule has 0 unspecified atom stereocenters. The van der Waals surface area contributed by atoms with Gasteiger partial charge in [0.1, 0.15) is 11.6 Å². The van der Waals surface area contributed by atoms with E-state index in [0.717, 1.165) is 43.2 Å². The second kappa shape index (κ2) is 5.05. The van der Waals surface area contributed by atoms with Crippen LogP contribution in [-0.4, -0.2) is 23.2 Å². The van der Waals surface area contributed by atoms with Crippen molar-refractivity contribution in [3.8, 4) is 17.1 Å². The molecule has 2 aromatic rings. The number of nitrogens with zero attached hydrogens (tertiary/aromatic N) is 2. The summed E-state index contributed by atoms with van der Waals surface area (Å²) in [6, 6.07) is 6.34. The molecule has 0 radical (unpaired) electrons. The Labute approximate surface area is 113 Å². The summed E-state index contributed by atoms with van der Waals surface area (Å²) >= 11 is 0. The van der Waals surface area contributed by atoms with Gasteiger partial charge in [0.05, 0.1) is 24.6 Å². The van der Waals surface area contributed by atoms with Gasteiger partial charge in [0, 0.05) is 19.6 Å². The van der Waals surface area contributed by atoms with Crippen LogP contribution in [0.4, 0.5) is 0 Å². The van der Waals surface area contributed by atoms with E-state index in [1.807, 2.05) is 12.3 Å². The van der Waals surface area contributed by atoms with Crippen LogP contribution in [0, 0.1) is 0 Å². The van der Waals surface area contributed by atoms with Gasteiger partial charge < -0.3 is 14.6 Å². The third-order valence-electron chi connectivity index (χ3n) is 3.67. The summed E-state index contributed by atoms with van der Waals surface area (Å²) in [5.41, 5.74) is 3.64. The minimum atomic E-state index is 0.892. The number of ether oxygens (including phenoxy) is 1. The Hall–Kier alpha value is -1.81. The highest BCUT2D eigenvalue weighted by molar-refractivity contribution is 5.66. The first-order valence-electron chi connectivity index (χ1n) is 6.76. The minimum Gasteiger partial charge on any atom is -0.496 e. The van der Waals surface area contributed by atoms with Crippen molar-refractivity contribution in [2.45, 2.75) is 26.4 Å². The van der Waals surface area contributed by atoms with Crippen LogP contribution < -0.4 is 10.1 Å². The zero-order chi connectivity index (χ0) is 13.2. The van der Waals surface area contributed by atoms with Crippen LogP contribution in [0.5, 0.6) is 5.75 Å². The molecule has 0 saturated heterocycles. The van der Waals surface area contributed by atoms with Gasteiger partial charge in [-0.2, -0.15) is 0 Å². The van der Waals surface area contributed by atoms with Crippen molar-refractivity contribution in [1.29, 1.82) is 0 Å². The maximum Gasteiger partial charge on any atom is 0.143 e. The Kier molecular flexibility index (Phi) is 3.25. The lowest BCUT2D eigenvalue weighted by Gasteiger charge is -2.19. The van der Waals surface area contributed by atoms with Crippen molar-refractivity contribution >= 4 is 0 Å². The van der Waals surface area contributed by atoms with E-state index in [0.29, 0.717) is 0 Å². The van der Waals surface area contributed by atoms with E-state index in [9.17, 15) is 0 Å². The topological polar surface area (TPSA) is 39.1 Å². The van der Waals surface area contributed by atoms with Crippen molar-refractivity contribution in [3.05, 3.63) is 35.7 Å². The number of benzene rings is 1. The number of fused-ring (bicyclic) bond motifs is 1. The summed E-state index contributed by atoms with van der Waals surface area (Å²) in [6.07, 6.45) is 2.98. The summed E-state index contributed by atoms with van der Waals surface area (Å²) in [5.74, 6) is 1.91. The fourth-order valence-corrected chi connectivity index (χ4v) is 2.57. The normalized spacial score (nSPS) is 14.2. The molecule has 3 rings (SSSR count). The van der Waals surface area contributed by atoms with E-state index < -0.39 is 0 Å². The molecule has 0 atom stereocenters. The van der Waals surface area contributed by atoms with Crippen LogP contribution in [0.2, 0.25) is 0 Å². The molecule has 1 aliphatic heterocycles. The lowest BCUT2D eigenvalue weighted by atomic mass is 10.1. The SMILES string of the molecule is CCc1ccc(OC)c(-c2ncc3n2CCNC3)c1. The Bertz CT molecular complexity index is 589. The largest absolute Gasteiger partial charge is 0.496 e. The number of methoxy groups -OCH3 is 1. The lowest BCUT2D eigenvalue weighted by molar-refractivity contribution is 0.415. The number of aryl methyl sites for hydroxylation is 1. The molecule has 0 saturated carbocycles. The number of hydrogen-bond donors (Lipinski definition) is 1. The highest BCUT2D eigenvalue weighted by Crippen LogP contribution is 2.31. The number of nitrogens with one attached hydrogen (secondary N) is 1. The summed E-state index contributed by atoms with van der Waals surface area (Å²) in [7, 11) is 1.71. The quantitative estimate of drug-likeness (QED) is 0.916. The van der Waals surface area contributed by atoms with Crippen LogP contribution in [0.3, 0.4) is 0 Å². The first kappa shape index (κ1) is 12.2. The Balaban J connectivity index is 2.12. The molecule has 0 bridgehead atoms. The van der Waals surface area contributed by atoms with Crippen molar-refractivity contribution in [2.75, 3.05) is 13.7 Å². The lowest BCUT2D eigenvalue weighted by Crippen LogP contribution is -2.28. The van der Waals surface area contributed by atoms with Gasteiger partial charge in [-0.25, -0.2) is 4.98 Å². The van der Waals surface area contributed by atoms with E-state index >= 15 is 0 Å². The molecule has 4 heteroatoms. The number of hydrogen-bond acceptors (Lipinski definition) is 3. The molecule has 100 valence electrons. The summed E-state index contributed by atoms with van der Waals surface area (Å²) in [5, 5.41) is 3.36. The first-order valence-corrected chi connectivity index (χ1v) is 6.76. The smallest absolute Gasteiger partial charge is 0.143 e. The molecule has 2 heterocycles. The molecule has 1 aromatic carbocycles. The van der Waals surface area contributed by atoms with Gasteiger partial charge in [0.15, 0.2) is 0 Å². The molecular formula is C15H19N3O. The van der Waals surface area contributed by atoms with Gasteiger partial charge in [0.2, 0.25) is 0 Å². The van der Waals surface area contributed by atoms with E-state index in [4.69, 9.17) is 4.74 Å². The van der Waals surface area contributed by atoms with Crippen LogP contribution in [0.25, 0.3) is 11.4 Å². The van der Waals surface area contributed by atoms with Gasteiger partial charge >= 0.3 is 0 Å². The first-order chi connectivity index (χ1) is 9.33. The molecule has 1 aliphatic rings. The Morgan fingerprint density at radius 1 is 1.42 bits per heavy atom. The fourth-order valence-electron chi connectivity index (χ4n) is 2.57. The van der Waals surface area contributed by atoms with Crippen molar-refractivity contribution in [1.82, 2.24) is 14.9 Å². The molecule has 0 fully saturated rings. The maximum absolute atomic E-state index is 5.49. The van der Waals surface area contributed by atoms with Crippen LogP contribution in [0.15, 0.2) is 24.4 Å². The third-order valence-corrected chi connectivity index (χ3v) is 3.67. The average Bonchev–Trinajstić information content (AvgIpc) is 2.90. The standard InChI is InChI=1S/C15H19N3O/c1-3-11-4-5-14(19-2)13(8-11)15-17-10-12-9-16-6-7-18(12)15/h4-5,8,10,16H,3,6-7,9H2,1-2H3. The van der Waals surface area contributed by atoms with Crippen molar-refractivity contribution in [2.24, 2.45) is 0 Å². The monoisotopic (exact) mass is 257 g/mol. The van der Waals surface area contributed by atoms with E-state index in [1.165, 1.54) is 11.3 Å². The zero-order valence-electron chi connectivity index (χ0n) is 11.4. The van der Waals surface area contributed by atoms with Gasteiger partial charge in [-0.1, -0.05) is 13.0 Å². The van der Waals surface area contributed by atoms with E-state index in [1.54, 1.807) is 7.11 Å². The molecule has 1 N–H and O–H groups in total. The van der Waals surface area contributed by atoms with Gasteiger partial charge in [-0.3, -0.25) is 0 Å². The number of aromatic nitrogens is 2. The van der Waals surface area contributed by atoms with E-state index in [2.05, 4.69) is 33.9 Å². The summed E-state index contributed by atoms with van der Waals surface area (Å²) < 4.78 is 7.78. The number of imidazole rings is 1. The highest BCUT2D eigenvalue weighted by Gasteiger charge is 2.17. The second-order valence-corrected chi connectivity index (χ2v) is 4.79. The molecular weight excluding hydrogens is 238 g/mol.